The summed E-state index contributed by atoms with van der Waals surface area (Å²) in [6, 6.07) is 16.2. The van der Waals surface area contributed by atoms with Gasteiger partial charge >= 0.3 is 0 Å². The van der Waals surface area contributed by atoms with E-state index in [-0.39, 0.29) is 17.9 Å². The number of benzene rings is 2. The van der Waals surface area contributed by atoms with Gasteiger partial charge in [-0.15, -0.1) is 0 Å². The number of piperidine rings is 1. The van der Waals surface area contributed by atoms with E-state index in [4.69, 9.17) is 21.0 Å². The number of rotatable bonds is 5. The van der Waals surface area contributed by atoms with Gasteiger partial charge in [-0.25, -0.2) is 4.98 Å². The van der Waals surface area contributed by atoms with E-state index in [1.54, 1.807) is 0 Å². The number of aromatic nitrogens is 1. The molecule has 33 heavy (non-hydrogen) atoms. The van der Waals surface area contributed by atoms with Crippen molar-refractivity contribution in [3.63, 3.8) is 0 Å². The fourth-order valence-corrected chi connectivity index (χ4v) is 5.33. The lowest BCUT2D eigenvalue weighted by molar-refractivity contribution is -0.127. The van der Waals surface area contributed by atoms with Gasteiger partial charge in [0.05, 0.1) is 17.7 Å². The standard InChI is InChI=1S/C27H30ClN3O2/c1-18-25(30-27(33-18)20-9-4-11-22(28)15-20)17-31-14-6-10-21(16-31)26(32)29-24-13-5-8-19-7-2-3-12-23(19)24/h2-4,7,9,11-12,15,21,24H,5-6,8,10,13-14,16-17H2,1H3,(H,29,32)/t21-,24+/m0/s1. The molecule has 6 heteroatoms. The molecule has 0 radical (unpaired) electrons. The Balaban J connectivity index is 1.23. The van der Waals surface area contributed by atoms with E-state index < -0.39 is 0 Å². The number of amides is 1. The summed E-state index contributed by atoms with van der Waals surface area (Å²) in [5.41, 5.74) is 4.46. The van der Waals surface area contributed by atoms with E-state index in [9.17, 15) is 4.79 Å². The van der Waals surface area contributed by atoms with E-state index in [2.05, 4.69) is 34.5 Å². The molecule has 0 unspecified atom stereocenters. The van der Waals surface area contributed by atoms with Gasteiger partial charge in [0.1, 0.15) is 5.76 Å². The zero-order chi connectivity index (χ0) is 22.8. The lowest BCUT2D eigenvalue weighted by Gasteiger charge is -2.33. The number of oxazole rings is 1. The minimum Gasteiger partial charge on any atom is -0.441 e. The van der Waals surface area contributed by atoms with Crippen LogP contribution in [-0.2, 0) is 17.8 Å². The fourth-order valence-electron chi connectivity index (χ4n) is 5.14. The highest BCUT2D eigenvalue weighted by Crippen LogP contribution is 2.31. The monoisotopic (exact) mass is 463 g/mol. The molecule has 1 amide bonds. The molecule has 1 fully saturated rings. The number of hydrogen-bond acceptors (Lipinski definition) is 4. The lowest BCUT2D eigenvalue weighted by Crippen LogP contribution is -2.44. The first-order valence-corrected chi connectivity index (χ1v) is 12.3. The van der Waals surface area contributed by atoms with Crippen molar-refractivity contribution in [2.75, 3.05) is 13.1 Å². The number of nitrogens with one attached hydrogen (secondary N) is 1. The number of likely N-dealkylation sites (tertiary alicyclic amines) is 1. The molecule has 1 N–H and O–H groups in total. The maximum absolute atomic E-state index is 13.2. The normalized spacial score (nSPS) is 20.9. The van der Waals surface area contributed by atoms with Crippen LogP contribution in [0, 0.1) is 12.8 Å². The van der Waals surface area contributed by atoms with Crippen molar-refractivity contribution in [2.24, 2.45) is 5.92 Å². The Morgan fingerprint density at radius 3 is 2.94 bits per heavy atom. The molecule has 1 aromatic heterocycles. The molecule has 1 aliphatic heterocycles. The van der Waals surface area contributed by atoms with Crippen LogP contribution >= 0.6 is 11.6 Å². The van der Waals surface area contributed by atoms with Crippen LogP contribution in [0.2, 0.25) is 5.02 Å². The number of carbonyl (C=O) groups excluding carboxylic acids is 1. The van der Waals surface area contributed by atoms with Crippen LogP contribution in [0.25, 0.3) is 11.5 Å². The van der Waals surface area contributed by atoms with Crippen molar-refractivity contribution < 1.29 is 9.21 Å². The zero-order valence-corrected chi connectivity index (χ0v) is 19.8. The van der Waals surface area contributed by atoms with Gasteiger partial charge in [0.15, 0.2) is 0 Å². The molecule has 0 spiro atoms. The average Bonchev–Trinajstić information content (AvgIpc) is 3.19. The van der Waals surface area contributed by atoms with Crippen molar-refractivity contribution in [1.29, 1.82) is 0 Å². The van der Waals surface area contributed by atoms with Gasteiger partial charge in [-0.1, -0.05) is 41.9 Å². The third-order valence-electron chi connectivity index (χ3n) is 6.90. The minimum atomic E-state index is 0.00689. The second-order valence-corrected chi connectivity index (χ2v) is 9.70. The highest BCUT2D eigenvalue weighted by Gasteiger charge is 2.29. The molecule has 2 heterocycles. The first-order chi connectivity index (χ1) is 16.1. The van der Waals surface area contributed by atoms with Crippen molar-refractivity contribution in [3.05, 3.63) is 76.1 Å². The molecule has 5 nitrogen and oxygen atoms in total. The average molecular weight is 464 g/mol. The molecular weight excluding hydrogens is 434 g/mol. The predicted octanol–water partition coefficient (Wildman–Crippen LogP) is 5.71. The number of halogens is 1. The molecule has 172 valence electrons. The van der Waals surface area contributed by atoms with Crippen molar-refractivity contribution >= 4 is 17.5 Å². The molecule has 3 aromatic rings. The van der Waals surface area contributed by atoms with E-state index in [1.165, 1.54) is 11.1 Å². The van der Waals surface area contributed by atoms with Crippen LogP contribution in [-0.4, -0.2) is 28.9 Å². The maximum Gasteiger partial charge on any atom is 0.226 e. The third-order valence-corrected chi connectivity index (χ3v) is 7.13. The van der Waals surface area contributed by atoms with Crippen molar-refractivity contribution in [3.8, 4) is 11.5 Å². The second-order valence-electron chi connectivity index (χ2n) is 9.26. The molecule has 2 aromatic carbocycles. The van der Waals surface area contributed by atoms with Gasteiger partial charge in [-0.3, -0.25) is 9.69 Å². The minimum absolute atomic E-state index is 0.00689. The van der Waals surface area contributed by atoms with Gasteiger partial charge in [0.2, 0.25) is 11.8 Å². The highest BCUT2D eigenvalue weighted by molar-refractivity contribution is 6.30. The zero-order valence-electron chi connectivity index (χ0n) is 19.0. The molecular formula is C27H30ClN3O2. The number of aryl methyl sites for hydroxylation is 2. The Morgan fingerprint density at radius 2 is 2.06 bits per heavy atom. The molecule has 5 rings (SSSR count). The summed E-state index contributed by atoms with van der Waals surface area (Å²) in [6.07, 6.45) is 5.19. The van der Waals surface area contributed by atoms with Crippen molar-refractivity contribution in [1.82, 2.24) is 15.2 Å². The molecule has 0 saturated carbocycles. The fraction of sp³-hybridized carbons (Fsp3) is 0.407. The van der Waals surface area contributed by atoms with Gasteiger partial charge in [0.25, 0.3) is 0 Å². The van der Waals surface area contributed by atoms with Crippen LogP contribution in [0.4, 0.5) is 0 Å². The summed E-state index contributed by atoms with van der Waals surface area (Å²) in [7, 11) is 0. The van der Waals surface area contributed by atoms with Gasteiger partial charge in [-0.2, -0.15) is 0 Å². The van der Waals surface area contributed by atoms with Gasteiger partial charge < -0.3 is 9.73 Å². The molecule has 2 aliphatic rings. The van der Waals surface area contributed by atoms with Crippen LogP contribution < -0.4 is 5.32 Å². The first-order valence-electron chi connectivity index (χ1n) is 11.9. The SMILES string of the molecule is Cc1oc(-c2cccc(Cl)c2)nc1CN1CCC[C@H](C(=O)N[C@@H]2CCCc3ccccc32)C1. The van der Waals surface area contributed by atoms with Crippen LogP contribution in [0.3, 0.4) is 0 Å². The van der Waals surface area contributed by atoms with Crippen LogP contribution in [0.5, 0.6) is 0 Å². The highest BCUT2D eigenvalue weighted by atomic mass is 35.5. The summed E-state index contributed by atoms with van der Waals surface area (Å²) in [6.45, 7) is 4.35. The maximum atomic E-state index is 13.2. The second kappa shape index (κ2) is 9.70. The van der Waals surface area contributed by atoms with Gasteiger partial charge in [-0.05, 0) is 74.9 Å². The number of fused-ring (bicyclic) bond motifs is 1. The summed E-state index contributed by atoms with van der Waals surface area (Å²) < 4.78 is 5.93. The smallest absolute Gasteiger partial charge is 0.226 e. The largest absolute Gasteiger partial charge is 0.441 e. The quantitative estimate of drug-likeness (QED) is 0.526. The van der Waals surface area contributed by atoms with Gasteiger partial charge in [0, 0.05) is 23.7 Å². The topological polar surface area (TPSA) is 58.4 Å². The Bertz CT molecular complexity index is 1140. The lowest BCUT2D eigenvalue weighted by atomic mass is 9.87. The Hall–Kier alpha value is -2.63. The predicted molar refractivity (Wildman–Crippen MR) is 130 cm³/mol. The Labute approximate surface area is 200 Å². The molecule has 1 saturated heterocycles. The third kappa shape index (κ3) is 4.99. The summed E-state index contributed by atoms with van der Waals surface area (Å²) in [5.74, 6) is 1.59. The van der Waals surface area contributed by atoms with E-state index in [1.807, 2.05) is 31.2 Å². The Morgan fingerprint density at radius 1 is 1.18 bits per heavy atom. The number of nitrogens with zero attached hydrogens (tertiary/aromatic N) is 2. The van der Waals surface area contributed by atoms with E-state index in [0.29, 0.717) is 17.5 Å². The van der Waals surface area contributed by atoms with Crippen LogP contribution in [0.1, 0.15) is 54.3 Å². The van der Waals surface area contributed by atoms with Crippen molar-refractivity contribution in [2.45, 2.75) is 51.6 Å². The molecule has 0 bridgehead atoms. The summed E-state index contributed by atoms with van der Waals surface area (Å²) >= 11 is 6.12. The first kappa shape index (κ1) is 22.2. The van der Waals surface area contributed by atoms with E-state index >= 15 is 0 Å². The number of carbonyl (C=O) groups is 1. The van der Waals surface area contributed by atoms with E-state index in [0.717, 1.165) is 62.2 Å². The Kier molecular flexibility index (Phi) is 6.52. The molecule has 1 aliphatic carbocycles. The summed E-state index contributed by atoms with van der Waals surface area (Å²) in [5, 5.41) is 4.02. The van der Waals surface area contributed by atoms with Crippen LogP contribution in [0.15, 0.2) is 52.9 Å². The number of hydrogen-bond donors (Lipinski definition) is 1. The molecule has 2 atom stereocenters. The summed E-state index contributed by atoms with van der Waals surface area (Å²) in [4.78, 5) is 20.2.